The largest absolute Gasteiger partial charge is 0.395 e. The predicted octanol–water partition coefficient (Wildman–Crippen LogP) is 1.97. The Morgan fingerprint density at radius 2 is 2.22 bits per heavy atom. The second kappa shape index (κ2) is 7.46. The minimum atomic E-state index is 0.0456. The van der Waals surface area contributed by atoms with Crippen molar-refractivity contribution in [3.8, 4) is 6.07 Å². The lowest BCUT2D eigenvalue weighted by atomic mass is 10.1. The van der Waals surface area contributed by atoms with Crippen molar-refractivity contribution in [2.45, 2.75) is 19.8 Å². The first-order valence-electron chi connectivity index (χ1n) is 6.12. The molecule has 0 aliphatic heterocycles. The lowest BCUT2D eigenvalue weighted by molar-refractivity contribution is 0.112. The van der Waals surface area contributed by atoms with Crippen LogP contribution in [0.1, 0.15) is 35.7 Å². The minimum absolute atomic E-state index is 0.0456. The molecule has 0 saturated heterocycles. The number of nitriles is 1. The van der Waals surface area contributed by atoms with Crippen LogP contribution in [0.25, 0.3) is 0 Å². The van der Waals surface area contributed by atoms with Gasteiger partial charge in [0.15, 0.2) is 0 Å². The second-order valence-corrected chi connectivity index (χ2v) is 4.07. The van der Waals surface area contributed by atoms with Gasteiger partial charge in [0, 0.05) is 18.7 Å². The van der Waals surface area contributed by atoms with E-state index in [9.17, 15) is 4.79 Å². The van der Waals surface area contributed by atoms with Gasteiger partial charge < -0.3 is 10.0 Å². The first-order valence-corrected chi connectivity index (χ1v) is 6.12. The Morgan fingerprint density at radius 3 is 2.78 bits per heavy atom. The highest BCUT2D eigenvalue weighted by Crippen LogP contribution is 2.21. The molecule has 1 rings (SSSR count). The highest BCUT2D eigenvalue weighted by atomic mass is 16.3. The van der Waals surface area contributed by atoms with Crippen molar-refractivity contribution in [2.24, 2.45) is 0 Å². The third kappa shape index (κ3) is 3.57. The predicted molar refractivity (Wildman–Crippen MR) is 70.8 cm³/mol. The minimum Gasteiger partial charge on any atom is -0.395 e. The van der Waals surface area contributed by atoms with Gasteiger partial charge in [0.05, 0.1) is 17.9 Å². The van der Waals surface area contributed by atoms with Gasteiger partial charge in [-0.2, -0.15) is 5.26 Å². The molecule has 1 N–H and O–H groups in total. The number of benzene rings is 1. The van der Waals surface area contributed by atoms with Gasteiger partial charge in [0.2, 0.25) is 0 Å². The van der Waals surface area contributed by atoms with E-state index < -0.39 is 0 Å². The van der Waals surface area contributed by atoms with Gasteiger partial charge in [0.1, 0.15) is 12.4 Å². The van der Waals surface area contributed by atoms with Crippen LogP contribution in [0.4, 0.5) is 5.69 Å². The zero-order valence-corrected chi connectivity index (χ0v) is 10.6. The topological polar surface area (TPSA) is 64.3 Å². The summed E-state index contributed by atoms with van der Waals surface area (Å²) in [6.07, 6.45) is 2.78. The van der Waals surface area contributed by atoms with Crippen LogP contribution in [0.15, 0.2) is 18.2 Å². The number of carbonyl (C=O) groups excluding carboxylic acids is 1. The van der Waals surface area contributed by atoms with Crippen molar-refractivity contribution in [2.75, 3.05) is 24.6 Å². The fourth-order valence-electron chi connectivity index (χ4n) is 1.81. The van der Waals surface area contributed by atoms with E-state index in [4.69, 9.17) is 10.4 Å². The molecule has 0 atom stereocenters. The second-order valence-electron chi connectivity index (χ2n) is 4.07. The number of aliphatic hydroxyl groups excluding tert-OH is 1. The highest BCUT2D eigenvalue weighted by Gasteiger charge is 2.11. The molecule has 0 aromatic heterocycles. The monoisotopic (exact) mass is 246 g/mol. The van der Waals surface area contributed by atoms with Gasteiger partial charge in [-0.3, -0.25) is 4.79 Å². The van der Waals surface area contributed by atoms with Crippen LogP contribution in [0, 0.1) is 11.3 Å². The molecule has 96 valence electrons. The Kier molecular flexibility index (Phi) is 5.89. The maximum atomic E-state index is 10.7. The summed E-state index contributed by atoms with van der Waals surface area (Å²) in [5.41, 5.74) is 1.75. The van der Waals surface area contributed by atoms with Crippen LogP contribution < -0.4 is 4.90 Å². The van der Waals surface area contributed by atoms with Gasteiger partial charge in [-0.15, -0.1) is 0 Å². The van der Waals surface area contributed by atoms with E-state index in [1.54, 1.807) is 18.2 Å². The van der Waals surface area contributed by atoms with Gasteiger partial charge in [-0.05, 0) is 24.6 Å². The van der Waals surface area contributed by atoms with Crippen LogP contribution in [0.5, 0.6) is 0 Å². The fraction of sp³-hybridized carbons (Fsp3) is 0.429. The third-order valence-corrected chi connectivity index (χ3v) is 2.77. The van der Waals surface area contributed by atoms with Crippen LogP contribution in [-0.2, 0) is 0 Å². The number of carbonyl (C=O) groups is 1. The van der Waals surface area contributed by atoms with E-state index in [0.29, 0.717) is 17.7 Å². The van der Waals surface area contributed by atoms with E-state index in [1.165, 1.54) is 0 Å². The Bertz CT molecular complexity index is 438. The molecule has 0 spiro atoms. The van der Waals surface area contributed by atoms with Crippen molar-refractivity contribution < 1.29 is 9.90 Å². The molecule has 18 heavy (non-hydrogen) atoms. The average molecular weight is 246 g/mol. The summed E-state index contributed by atoms with van der Waals surface area (Å²) in [4.78, 5) is 12.7. The highest BCUT2D eigenvalue weighted by molar-refractivity contribution is 5.78. The summed E-state index contributed by atoms with van der Waals surface area (Å²) >= 11 is 0. The van der Waals surface area contributed by atoms with E-state index >= 15 is 0 Å². The molecule has 0 radical (unpaired) electrons. The van der Waals surface area contributed by atoms with Crippen molar-refractivity contribution in [3.05, 3.63) is 29.3 Å². The Balaban J connectivity index is 3.03. The molecule has 4 nitrogen and oxygen atoms in total. The zero-order valence-electron chi connectivity index (χ0n) is 10.6. The summed E-state index contributed by atoms with van der Waals surface area (Å²) in [5, 5.41) is 18.2. The summed E-state index contributed by atoms with van der Waals surface area (Å²) in [5.74, 6) is 0. The van der Waals surface area contributed by atoms with Crippen molar-refractivity contribution in [3.63, 3.8) is 0 Å². The Hall–Kier alpha value is -1.86. The Morgan fingerprint density at radius 1 is 1.44 bits per heavy atom. The summed E-state index contributed by atoms with van der Waals surface area (Å²) in [7, 11) is 0. The van der Waals surface area contributed by atoms with Crippen LogP contribution >= 0.6 is 0 Å². The number of unbranched alkanes of at least 4 members (excludes halogenated alkanes) is 1. The molecule has 1 aromatic rings. The molecule has 4 heteroatoms. The molecule has 0 aliphatic carbocycles. The smallest absolute Gasteiger partial charge is 0.150 e. The summed E-state index contributed by atoms with van der Waals surface area (Å²) < 4.78 is 0. The maximum absolute atomic E-state index is 10.7. The molecule has 0 saturated carbocycles. The number of aldehydes is 1. The van der Waals surface area contributed by atoms with E-state index in [-0.39, 0.29) is 6.61 Å². The normalized spacial score (nSPS) is 9.83. The SMILES string of the molecule is CCCCN(CCO)c1ccc(C=O)cc1C#N. The van der Waals surface area contributed by atoms with Gasteiger partial charge in [0.25, 0.3) is 0 Å². The quantitative estimate of drug-likeness (QED) is 0.747. The molecular weight excluding hydrogens is 228 g/mol. The summed E-state index contributed by atoms with van der Waals surface area (Å²) in [6.45, 7) is 3.43. The van der Waals surface area contributed by atoms with Gasteiger partial charge in [-0.25, -0.2) is 0 Å². The number of nitrogens with zero attached hydrogens (tertiary/aromatic N) is 2. The first kappa shape index (κ1) is 14.2. The van der Waals surface area contributed by atoms with Crippen LogP contribution in [0.2, 0.25) is 0 Å². The maximum Gasteiger partial charge on any atom is 0.150 e. The molecular formula is C14H18N2O2. The molecule has 0 unspecified atom stereocenters. The van der Waals surface area contributed by atoms with Crippen molar-refractivity contribution in [1.29, 1.82) is 5.26 Å². The standard InChI is InChI=1S/C14H18N2O2/c1-2-3-6-16(7-8-17)14-5-4-12(11-18)9-13(14)10-15/h4-5,9,11,17H,2-3,6-8H2,1H3. The van der Waals surface area contributed by atoms with E-state index in [2.05, 4.69) is 13.0 Å². The summed E-state index contributed by atoms with van der Waals surface area (Å²) in [6, 6.07) is 7.15. The number of hydrogen-bond acceptors (Lipinski definition) is 4. The van der Waals surface area contributed by atoms with Crippen LogP contribution in [-0.4, -0.2) is 31.1 Å². The average Bonchev–Trinajstić information content (AvgIpc) is 2.42. The zero-order chi connectivity index (χ0) is 13.4. The van der Waals surface area contributed by atoms with Crippen molar-refractivity contribution >= 4 is 12.0 Å². The molecule has 0 heterocycles. The molecule has 0 fully saturated rings. The number of aliphatic hydroxyl groups is 1. The fourth-order valence-corrected chi connectivity index (χ4v) is 1.81. The van der Waals surface area contributed by atoms with E-state index in [1.807, 2.05) is 4.90 Å². The molecule has 0 bridgehead atoms. The third-order valence-electron chi connectivity index (χ3n) is 2.77. The molecule has 0 aliphatic rings. The number of anilines is 1. The first-order chi connectivity index (χ1) is 8.76. The lowest BCUT2D eigenvalue weighted by Gasteiger charge is -2.24. The van der Waals surface area contributed by atoms with Gasteiger partial charge >= 0.3 is 0 Å². The van der Waals surface area contributed by atoms with E-state index in [0.717, 1.165) is 31.4 Å². The lowest BCUT2D eigenvalue weighted by Crippen LogP contribution is -2.28. The number of rotatable bonds is 7. The number of hydrogen-bond donors (Lipinski definition) is 1. The molecule has 0 amide bonds. The van der Waals surface area contributed by atoms with Crippen molar-refractivity contribution in [1.82, 2.24) is 0 Å². The van der Waals surface area contributed by atoms with Gasteiger partial charge in [-0.1, -0.05) is 13.3 Å². The Labute approximate surface area is 107 Å². The molecule has 1 aromatic carbocycles. The van der Waals surface area contributed by atoms with Crippen LogP contribution in [0.3, 0.4) is 0 Å².